The molecule has 0 fully saturated rings. The largest absolute Gasteiger partial charge is 0.321 e. The Balaban J connectivity index is 1.78. The van der Waals surface area contributed by atoms with E-state index in [1.165, 1.54) is 16.9 Å². The van der Waals surface area contributed by atoms with Crippen LogP contribution >= 0.6 is 11.3 Å². The lowest BCUT2D eigenvalue weighted by atomic mass is 10.2. The number of thiophene rings is 1. The van der Waals surface area contributed by atoms with Gasteiger partial charge in [-0.15, -0.1) is 11.3 Å². The monoisotopic (exact) mass is 305 g/mol. The zero-order valence-electron chi connectivity index (χ0n) is 11.1. The zero-order valence-corrected chi connectivity index (χ0v) is 12.8. The lowest BCUT2D eigenvalue weighted by Crippen LogP contribution is -2.10. The molecule has 0 aliphatic heterocycles. The molecular formula is C15H15NO2S2. The Labute approximate surface area is 124 Å². The third-order valence-corrected chi connectivity index (χ3v) is 5.55. The Kier molecular flexibility index (Phi) is 3.72. The first-order valence-corrected chi connectivity index (χ1v) is 8.87. The van der Waals surface area contributed by atoms with E-state index in [0.29, 0.717) is 5.69 Å². The molecule has 0 spiro atoms. The summed E-state index contributed by atoms with van der Waals surface area (Å²) < 4.78 is 11.4. The molecule has 1 aromatic carbocycles. The molecule has 0 saturated carbocycles. The molecule has 1 N–H and O–H groups in total. The van der Waals surface area contributed by atoms with Gasteiger partial charge in [-0.05, 0) is 49.1 Å². The molecule has 1 atom stereocenters. The molecule has 104 valence electrons. The van der Waals surface area contributed by atoms with E-state index in [-0.39, 0.29) is 5.91 Å². The molecular weight excluding hydrogens is 290 g/mol. The molecule has 0 saturated heterocycles. The highest BCUT2D eigenvalue weighted by Crippen LogP contribution is 2.31. The van der Waals surface area contributed by atoms with Crippen LogP contribution in [0.3, 0.4) is 0 Å². The molecule has 1 unspecified atom stereocenters. The van der Waals surface area contributed by atoms with Gasteiger partial charge in [-0.2, -0.15) is 0 Å². The van der Waals surface area contributed by atoms with Crippen molar-refractivity contribution in [3.8, 4) is 0 Å². The predicted molar refractivity (Wildman–Crippen MR) is 83.1 cm³/mol. The fraction of sp³-hybridized carbons (Fsp3) is 0.267. The van der Waals surface area contributed by atoms with Gasteiger partial charge in [0.25, 0.3) is 5.91 Å². The summed E-state index contributed by atoms with van der Waals surface area (Å²) in [7, 11) is -1.04. The quantitative estimate of drug-likeness (QED) is 0.946. The Morgan fingerprint density at radius 1 is 1.30 bits per heavy atom. The number of amides is 1. The summed E-state index contributed by atoms with van der Waals surface area (Å²) in [6.07, 6.45) is 5.01. The van der Waals surface area contributed by atoms with E-state index in [4.69, 9.17) is 0 Å². The van der Waals surface area contributed by atoms with Crippen LogP contribution in [0.5, 0.6) is 0 Å². The fourth-order valence-corrected chi connectivity index (χ4v) is 4.10. The molecule has 5 heteroatoms. The van der Waals surface area contributed by atoms with Crippen molar-refractivity contribution >= 4 is 33.7 Å². The smallest absolute Gasteiger partial charge is 0.265 e. The summed E-state index contributed by atoms with van der Waals surface area (Å²) in [6, 6.07) is 9.18. The van der Waals surface area contributed by atoms with Crippen LogP contribution in [0.25, 0.3) is 0 Å². The van der Waals surface area contributed by atoms with E-state index in [0.717, 1.165) is 22.6 Å². The number of hydrogen-bond acceptors (Lipinski definition) is 3. The van der Waals surface area contributed by atoms with Gasteiger partial charge in [0.05, 0.1) is 4.88 Å². The van der Waals surface area contributed by atoms with Crippen molar-refractivity contribution in [1.82, 2.24) is 0 Å². The molecule has 1 aromatic heterocycles. The van der Waals surface area contributed by atoms with E-state index < -0.39 is 10.8 Å². The van der Waals surface area contributed by atoms with Gasteiger partial charge in [0, 0.05) is 32.5 Å². The summed E-state index contributed by atoms with van der Waals surface area (Å²) in [5.74, 6) is -0.0802. The van der Waals surface area contributed by atoms with E-state index in [1.54, 1.807) is 35.8 Å². The van der Waals surface area contributed by atoms with Crippen LogP contribution in [-0.4, -0.2) is 16.4 Å². The summed E-state index contributed by atoms with van der Waals surface area (Å²) in [6.45, 7) is 0. The lowest BCUT2D eigenvalue weighted by molar-refractivity contribution is 0.103. The molecule has 1 heterocycles. The number of aryl methyl sites for hydroxylation is 2. The van der Waals surface area contributed by atoms with E-state index in [9.17, 15) is 9.00 Å². The number of fused-ring (bicyclic) bond motifs is 1. The second kappa shape index (κ2) is 5.50. The predicted octanol–water partition coefficient (Wildman–Crippen LogP) is 3.23. The minimum absolute atomic E-state index is 0.0802. The zero-order chi connectivity index (χ0) is 14.1. The third kappa shape index (κ3) is 2.69. The maximum absolute atomic E-state index is 12.2. The average Bonchev–Trinajstić information content (AvgIpc) is 2.99. The second-order valence-corrected chi connectivity index (χ2v) is 7.37. The second-order valence-electron chi connectivity index (χ2n) is 4.85. The Morgan fingerprint density at radius 3 is 2.90 bits per heavy atom. The summed E-state index contributed by atoms with van der Waals surface area (Å²) in [5.41, 5.74) is 2.01. The third-order valence-electron chi connectivity index (χ3n) is 3.39. The van der Waals surface area contributed by atoms with Crippen LogP contribution in [0.1, 0.15) is 26.5 Å². The van der Waals surface area contributed by atoms with Gasteiger partial charge in [0.15, 0.2) is 0 Å². The van der Waals surface area contributed by atoms with Crippen LogP contribution < -0.4 is 5.32 Å². The van der Waals surface area contributed by atoms with Gasteiger partial charge in [-0.25, -0.2) is 0 Å². The summed E-state index contributed by atoms with van der Waals surface area (Å²) >= 11 is 1.59. The van der Waals surface area contributed by atoms with Crippen molar-refractivity contribution in [3.63, 3.8) is 0 Å². The molecule has 1 aliphatic carbocycles. The Morgan fingerprint density at radius 2 is 2.15 bits per heavy atom. The Hall–Kier alpha value is -1.46. The number of anilines is 1. The summed E-state index contributed by atoms with van der Waals surface area (Å²) in [5, 5.41) is 2.88. The lowest BCUT2D eigenvalue weighted by Gasteiger charge is -2.05. The first-order chi connectivity index (χ1) is 9.63. The first kappa shape index (κ1) is 13.5. The van der Waals surface area contributed by atoms with E-state index in [2.05, 4.69) is 5.32 Å². The van der Waals surface area contributed by atoms with Crippen molar-refractivity contribution in [2.45, 2.75) is 24.2 Å². The van der Waals surface area contributed by atoms with Crippen LogP contribution in [0.4, 0.5) is 5.69 Å². The normalized spacial score (nSPS) is 14.8. The highest BCUT2D eigenvalue weighted by molar-refractivity contribution is 7.84. The fourth-order valence-electron chi connectivity index (χ4n) is 2.39. The standard InChI is InChI=1S/C15H15NO2S2/c1-20(18)12-6-3-5-11(9-12)16-15(17)14-8-10-4-2-7-13(10)19-14/h3,5-6,8-9H,2,4,7H2,1H3,(H,16,17). The van der Waals surface area contributed by atoms with Gasteiger partial charge in [0.2, 0.25) is 0 Å². The molecule has 2 aromatic rings. The number of nitrogens with one attached hydrogen (secondary N) is 1. The van der Waals surface area contributed by atoms with E-state index >= 15 is 0 Å². The minimum atomic E-state index is -1.04. The van der Waals surface area contributed by atoms with Crippen molar-refractivity contribution in [3.05, 3.63) is 45.6 Å². The molecule has 3 nitrogen and oxygen atoms in total. The summed E-state index contributed by atoms with van der Waals surface area (Å²) in [4.78, 5) is 15.1. The van der Waals surface area contributed by atoms with Gasteiger partial charge in [0.1, 0.15) is 0 Å². The molecule has 20 heavy (non-hydrogen) atoms. The van der Waals surface area contributed by atoms with Crippen LogP contribution in [0.2, 0.25) is 0 Å². The van der Waals surface area contributed by atoms with E-state index in [1.807, 2.05) is 12.1 Å². The van der Waals surface area contributed by atoms with Crippen LogP contribution in [0.15, 0.2) is 35.2 Å². The molecule has 3 rings (SSSR count). The highest BCUT2D eigenvalue weighted by atomic mass is 32.2. The minimum Gasteiger partial charge on any atom is -0.321 e. The number of carbonyl (C=O) groups excluding carboxylic acids is 1. The molecule has 0 radical (unpaired) electrons. The van der Waals surface area contributed by atoms with Gasteiger partial charge in [-0.1, -0.05) is 6.07 Å². The van der Waals surface area contributed by atoms with Crippen molar-refractivity contribution in [1.29, 1.82) is 0 Å². The number of carbonyl (C=O) groups is 1. The Bertz CT molecular complexity index is 669. The van der Waals surface area contributed by atoms with Crippen LogP contribution in [0, 0.1) is 0 Å². The van der Waals surface area contributed by atoms with Crippen molar-refractivity contribution in [2.24, 2.45) is 0 Å². The molecule has 1 amide bonds. The SMILES string of the molecule is CS(=O)c1cccc(NC(=O)c2cc3c(s2)CCC3)c1. The van der Waals surface area contributed by atoms with Gasteiger partial charge < -0.3 is 5.32 Å². The maximum atomic E-state index is 12.2. The maximum Gasteiger partial charge on any atom is 0.265 e. The van der Waals surface area contributed by atoms with Gasteiger partial charge >= 0.3 is 0 Å². The number of hydrogen-bond donors (Lipinski definition) is 1. The first-order valence-electron chi connectivity index (χ1n) is 6.50. The van der Waals surface area contributed by atoms with Crippen LogP contribution in [-0.2, 0) is 23.6 Å². The van der Waals surface area contributed by atoms with Gasteiger partial charge in [-0.3, -0.25) is 9.00 Å². The molecule has 0 bridgehead atoms. The van der Waals surface area contributed by atoms with Crippen molar-refractivity contribution < 1.29 is 9.00 Å². The number of rotatable bonds is 3. The number of benzene rings is 1. The topological polar surface area (TPSA) is 46.2 Å². The average molecular weight is 305 g/mol. The molecule has 1 aliphatic rings. The highest BCUT2D eigenvalue weighted by Gasteiger charge is 2.18. The van der Waals surface area contributed by atoms with Crippen molar-refractivity contribution in [2.75, 3.05) is 11.6 Å².